The summed E-state index contributed by atoms with van der Waals surface area (Å²) in [4.78, 5) is 0. The molecule has 0 spiro atoms. The van der Waals surface area contributed by atoms with E-state index in [-0.39, 0.29) is 6.10 Å². The van der Waals surface area contributed by atoms with Gasteiger partial charge in [-0.3, -0.25) is 0 Å². The average Bonchev–Trinajstić information content (AvgIpc) is 2.91. The minimum absolute atomic E-state index is 0.00150. The summed E-state index contributed by atoms with van der Waals surface area (Å²) in [6.45, 7) is 1.22. The molecule has 1 aromatic carbocycles. The lowest BCUT2D eigenvalue weighted by atomic mass is 9.92. The highest BCUT2D eigenvalue weighted by atomic mass is 16.5. The van der Waals surface area contributed by atoms with Gasteiger partial charge < -0.3 is 15.0 Å². The maximum Gasteiger partial charge on any atom is 0.167 e. The van der Waals surface area contributed by atoms with E-state index >= 15 is 0 Å². The molecule has 0 radical (unpaired) electrons. The molecule has 0 saturated carbocycles. The van der Waals surface area contributed by atoms with Crippen LogP contribution in [0.15, 0.2) is 35.0 Å². The van der Waals surface area contributed by atoms with E-state index in [0.29, 0.717) is 13.2 Å². The monoisotopic (exact) mass is 230 g/mol. The van der Waals surface area contributed by atoms with Gasteiger partial charge in [0, 0.05) is 18.2 Å². The van der Waals surface area contributed by atoms with Crippen molar-refractivity contribution in [3.05, 3.63) is 41.6 Å². The van der Waals surface area contributed by atoms with Crippen molar-refractivity contribution in [2.24, 2.45) is 5.73 Å². The van der Waals surface area contributed by atoms with Crippen molar-refractivity contribution in [2.75, 3.05) is 13.2 Å². The van der Waals surface area contributed by atoms with Crippen LogP contribution >= 0.6 is 0 Å². The number of aromatic nitrogens is 1. The number of rotatable bonds is 2. The van der Waals surface area contributed by atoms with Crippen molar-refractivity contribution < 1.29 is 9.26 Å². The van der Waals surface area contributed by atoms with Crippen LogP contribution < -0.4 is 5.73 Å². The molecule has 3 rings (SSSR count). The first-order valence-electron chi connectivity index (χ1n) is 5.74. The minimum Gasteiger partial charge on any atom is -0.372 e. The summed E-state index contributed by atoms with van der Waals surface area (Å²) in [5.41, 5.74) is 9.27. The molecule has 0 saturated heterocycles. The molecule has 2 heterocycles. The highest BCUT2D eigenvalue weighted by molar-refractivity contribution is 5.64. The quantitative estimate of drug-likeness (QED) is 0.856. The van der Waals surface area contributed by atoms with Gasteiger partial charge in [-0.1, -0.05) is 23.4 Å². The molecular formula is C13H14N2O2. The van der Waals surface area contributed by atoms with E-state index in [1.165, 1.54) is 11.1 Å². The summed E-state index contributed by atoms with van der Waals surface area (Å²) >= 11 is 0. The van der Waals surface area contributed by atoms with Crippen LogP contribution in [0, 0.1) is 0 Å². The molecule has 0 unspecified atom stereocenters. The molecule has 4 heteroatoms. The summed E-state index contributed by atoms with van der Waals surface area (Å²) < 4.78 is 10.9. The Morgan fingerprint density at radius 2 is 2.29 bits per heavy atom. The molecule has 0 amide bonds. The molecule has 1 aliphatic rings. The Labute approximate surface area is 99.4 Å². The Morgan fingerprint density at radius 3 is 3.06 bits per heavy atom. The van der Waals surface area contributed by atoms with E-state index in [4.69, 9.17) is 15.0 Å². The first-order valence-corrected chi connectivity index (χ1v) is 5.74. The van der Waals surface area contributed by atoms with E-state index in [1.54, 1.807) is 6.20 Å². The van der Waals surface area contributed by atoms with Crippen molar-refractivity contribution in [3.63, 3.8) is 0 Å². The van der Waals surface area contributed by atoms with Crippen LogP contribution in [-0.4, -0.2) is 18.3 Å². The normalized spacial score (nSPS) is 19.0. The van der Waals surface area contributed by atoms with Crippen LogP contribution in [0.5, 0.6) is 0 Å². The fourth-order valence-corrected chi connectivity index (χ4v) is 2.36. The lowest BCUT2D eigenvalue weighted by Gasteiger charge is -2.26. The molecule has 4 nitrogen and oxygen atoms in total. The van der Waals surface area contributed by atoms with Gasteiger partial charge in [0.1, 0.15) is 0 Å². The van der Waals surface area contributed by atoms with E-state index in [1.807, 2.05) is 12.1 Å². The van der Waals surface area contributed by atoms with Crippen molar-refractivity contribution >= 4 is 0 Å². The third-order valence-corrected chi connectivity index (χ3v) is 3.15. The highest BCUT2D eigenvalue weighted by Crippen LogP contribution is 2.33. The van der Waals surface area contributed by atoms with Crippen LogP contribution in [0.1, 0.15) is 17.2 Å². The topological polar surface area (TPSA) is 61.3 Å². The number of nitrogens with two attached hydrogens (primary N) is 1. The highest BCUT2D eigenvalue weighted by Gasteiger charge is 2.22. The van der Waals surface area contributed by atoms with Crippen LogP contribution in [0.25, 0.3) is 11.3 Å². The molecule has 0 bridgehead atoms. The van der Waals surface area contributed by atoms with Gasteiger partial charge >= 0.3 is 0 Å². The lowest BCUT2D eigenvalue weighted by Crippen LogP contribution is -2.23. The average molecular weight is 230 g/mol. The zero-order chi connectivity index (χ0) is 11.7. The first-order chi connectivity index (χ1) is 8.40. The predicted octanol–water partition coefficient (Wildman–Crippen LogP) is 1.91. The molecule has 88 valence electrons. The fraction of sp³-hybridized carbons (Fsp3) is 0.308. The number of hydrogen-bond acceptors (Lipinski definition) is 4. The second-order valence-electron chi connectivity index (χ2n) is 4.10. The smallest absolute Gasteiger partial charge is 0.167 e. The third kappa shape index (κ3) is 1.75. The van der Waals surface area contributed by atoms with E-state index in [9.17, 15) is 0 Å². The summed E-state index contributed by atoms with van der Waals surface area (Å²) in [6.07, 6.45) is 2.55. The van der Waals surface area contributed by atoms with Gasteiger partial charge in [-0.05, 0) is 17.5 Å². The number of benzene rings is 1. The van der Waals surface area contributed by atoms with Crippen molar-refractivity contribution in [1.29, 1.82) is 0 Å². The van der Waals surface area contributed by atoms with Crippen LogP contribution in [0.4, 0.5) is 0 Å². The Bertz CT molecular complexity index is 508. The van der Waals surface area contributed by atoms with Crippen molar-refractivity contribution in [3.8, 4) is 11.3 Å². The summed E-state index contributed by atoms with van der Waals surface area (Å²) in [6, 6.07) is 8.01. The Morgan fingerprint density at radius 1 is 1.35 bits per heavy atom. The largest absolute Gasteiger partial charge is 0.372 e. The fourth-order valence-electron chi connectivity index (χ4n) is 2.36. The lowest BCUT2D eigenvalue weighted by molar-refractivity contribution is 0.0486. The van der Waals surface area contributed by atoms with Gasteiger partial charge in [-0.2, -0.15) is 0 Å². The second-order valence-corrected chi connectivity index (χ2v) is 4.10. The molecule has 0 aliphatic carbocycles. The van der Waals surface area contributed by atoms with E-state index < -0.39 is 0 Å². The first kappa shape index (κ1) is 10.5. The van der Waals surface area contributed by atoms with Gasteiger partial charge in [0.05, 0.1) is 18.9 Å². The second kappa shape index (κ2) is 4.31. The standard InChI is InChI=1S/C13H14N2O2/c14-8-13-11-3-1-2-10(9(11)5-7-16-13)12-4-6-15-17-12/h1-4,6,13H,5,7-8,14H2/t13-/m1/s1. The summed E-state index contributed by atoms with van der Waals surface area (Å²) in [7, 11) is 0. The van der Waals surface area contributed by atoms with Gasteiger partial charge in [0.2, 0.25) is 0 Å². The van der Waals surface area contributed by atoms with Crippen LogP contribution in [0.2, 0.25) is 0 Å². The van der Waals surface area contributed by atoms with E-state index in [2.05, 4.69) is 17.3 Å². The van der Waals surface area contributed by atoms with E-state index in [0.717, 1.165) is 17.7 Å². The number of ether oxygens (including phenoxy) is 1. The zero-order valence-corrected chi connectivity index (χ0v) is 9.43. The van der Waals surface area contributed by atoms with Gasteiger partial charge in [0.15, 0.2) is 5.76 Å². The van der Waals surface area contributed by atoms with Gasteiger partial charge in [0.25, 0.3) is 0 Å². The molecule has 2 aromatic rings. The maximum atomic E-state index is 5.73. The number of hydrogen-bond donors (Lipinski definition) is 1. The zero-order valence-electron chi connectivity index (χ0n) is 9.43. The molecule has 2 N–H and O–H groups in total. The Hall–Kier alpha value is -1.65. The molecule has 1 aromatic heterocycles. The molecule has 0 fully saturated rings. The number of fused-ring (bicyclic) bond motifs is 1. The molecule has 17 heavy (non-hydrogen) atoms. The van der Waals surface area contributed by atoms with Crippen molar-refractivity contribution in [1.82, 2.24) is 5.16 Å². The minimum atomic E-state index is 0.00150. The third-order valence-electron chi connectivity index (χ3n) is 3.15. The Kier molecular flexibility index (Phi) is 2.66. The molecule has 1 aliphatic heterocycles. The Balaban J connectivity index is 2.12. The molecular weight excluding hydrogens is 216 g/mol. The number of nitrogens with zero attached hydrogens (tertiary/aromatic N) is 1. The van der Waals surface area contributed by atoms with Crippen molar-refractivity contribution in [2.45, 2.75) is 12.5 Å². The van der Waals surface area contributed by atoms with Crippen LogP contribution in [-0.2, 0) is 11.2 Å². The molecule has 1 atom stereocenters. The van der Waals surface area contributed by atoms with Gasteiger partial charge in [-0.15, -0.1) is 0 Å². The summed E-state index contributed by atoms with van der Waals surface area (Å²) in [5, 5.41) is 3.76. The van der Waals surface area contributed by atoms with Crippen LogP contribution in [0.3, 0.4) is 0 Å². The predicted molar refractivity (Wildman–Crippen MR) is 63.4 cm³/mol. The maximum absolute atomic E-state index is 5.73. The van der Waals surface area contributed by atoms with Gasteiger partial charge in [-0.25, -0.2) is 0 Å². The summed E-state index contributed by atoms with van der Waals surface area (Å²) in [5.74, 6) is 0.805. The SMILES string of the molecule is NC[C@H]1OCCc2c(-c3ccno3)cccc21.